The maximum atomic E-state index is 13.7. The molecule has 0 bridgehead atoms. The lowest BCUT2D eigenvalue weighted by atomic mass is 10.0. The molecule has 0 fully saturated rings. The van der Waals surface area contributed by atoms with E-state index in [1.807, 2.05) is 0 Å². The fourth-order valence-electron chi connectivity index (χ4n) is 1.51. The molecule has 0 saturated heterocycles. The minimum atomic E-state index is -4.75. The van der Waals surface area contributed by atoms with Crippen molar-refractivity contribution in [2.75, 3.05) is 0 Å². The largest absolute Gasteiger partial charge is 0.415 e. The Morgan fingerprint density at radius 2 is 2.00 bits per heavy atom. The Bertz CT molecular complexity index is 654. The topological polar surface area (TPSA) is 64.9 Å². The number of alkyl halides is 3. The van der Waals surface area contributed by atoms with Gasteiger partial charge in [0.2, 0.25) is 0 Å². The smallest absolute Gasteiger partial charge is 0.337 e. The number of hydrogen-bond acceptors (Lipinski definition) is 4. The van der Waals surface area contributed by atoms with Crippen molar-refractivity contribution < 1.29 is 22.1 Å². The minimum Gasteiger partial charge on any atom is -0.337 e. The lowest BCUT2D eigenvalue weighted by Gasteiger charge is -2.22. The summed E-state index contributed by atoms with van der Waals surface area (Å²) in [6, 6.07) is 4.27. The average molecular weight is 324 g/mol. The van der Waals surface area contributed by atoms with Gasteiger partial charge in [-0.25, -0.2) is 4.39 Å². The van der Waals surface area contributed by atoms with Gasteiger partial charge in [-0.05, 0) is 18.6 Å². The highest BCUT2D eigenvalue weighted by atomic mass is 35.5. The van der Waals surface area contributed by atoms with E-state index in [9.17, 15) is 17.6 Å². The molecule has 0 aliphatic carbocycles. The van der Waals surface area contributed by atoms with E-state index in [4.69, 9.17) is 17.3 Å². The second-order valence-electron chi connectivity index (χ2n) is 4.61. The molecule has 1 aromatic carbocycles. The van der Waals surface area contributed by atoms with Crippen LogP contribution in [0.4, 0.5) is 17.6 Å². The Balaban J connectivity index is 2.27. The van der Waals surface area contributed by atoms with E-state index >= 15 is 0 Å². The summed E-state index contributed by atoms with van der Waals surface area (Å²) in [6.45, 7) is 0.713. The molecular weight excluding hydrogens is 314 g/mol. The molecule has 0 aliphatic rings. The Hall–Kier alpha value is -1.67. The van der Waals surface area contributed by atoms with Crippen LogP contribution in [-0.2, 0) is 12.0 Å². The Morgan fingerprint density at radius 1 is 1.33 bits per heavy atom. The SMILES string of the molecule is CC(N)(c1nc(Cc2cccc(Cl)c2F)no1)C(F)(F)F. The van der Waals surface area contributed by atoms with Crippen molar-refractivity contribution >= 4 is 11.6 Å². The second kappa shape index (κ2) is 5.27. The first kappa shape index (κ1) is 15.7. The molecule has 2 rings (SSSR count). The molecule has 0 aliphatic heterocycles. The van der Waals surface area contributed by atoms with Crippen molar-refractivity contribution in [2.45, 2.75) is 25.1 Å². The summed E-state index contributed by atoms with van der Waals surface area (Å²) in [5.41, 5.74) is 2.53. The van der Waals surface area contributed by atoms with Gasteiger partial charge in [-0.1, -0.05) is 28.9 Å². The molecule has 0 spiro atoms. The van der Waals surface area contributed by atoms with Crippen LogP contribution in [0, 0.1) is 5.82 Å². The Kier molecular flexibility index (Phi) is 3.94. The van der Waals surface area contributed by atoms with E-state index in [-0.39, 0.29) is 22.8 Å². The van der Waals surface area contributed by atoms with Gasteiger partial charge in [-0.15, -0.1) is 0 Å². The van der Waals surface area contributed by atoms with E-state index in [0.717, 1.165) is 0 Å². The number of aromatic nitrogens is 2. The lowest BCUT2D eigenvalue weighted by molar-refractivity contribution is -0.190. The highest BCUT2D eigenvalue weighted by molar-refractivity contribution is 6.30. The monoisotopic (exact) mass is 323 g/mol. The van der Waals surface area contributed by atoms with Gasteiger partial charge in [0.1, 0.15) is 5.82 Å². The third-order valence-corrected chi connectivity index (χ3v) is 3.17. The normalized spacial score (nSPS) is 15.0. The van der Waals surface area contributed by atoms with Gasteiger partial charge in [-0.2, -0.15) is 18.2 Å². The highest BCUT2D eigenvalue weighted by Crippen LogP contribution is 2.35. The lowest BCUT2D eigenvalue weighted by Crippen LogP contribution is -2.48. The van der Waals surface area contributed by atoms with E-state index < -0.39 is 23.4 Å². The molecule has 1 atom stereocenters. The van der Waals surface area contributed by atoms with Crippen LogP contribution in [0.25, 0.3) is 0 Å². The molecule has 1 unspecified atom stereocenters. The molecular formula is C12H10ClF4N3O. The maximum Gasteiger partial charge on any atom is 0.415 e. The van der Waals surface area contributed by atoms with Crippen LogP contribution in [0.3, 0.4) is 0 Å². The van der Waals surface area contributed by atoms with Crippen molar-refractivity contribution in [3.63, 3.8) is 0 Å². The van der Waals surface area contributed by atoms with Crippen LogP contribution >= 0.6 is 11.6 Å². The number of rotatable bonds is 3. The predicted molar refractivity (Wildman–Crippen MR) is 66.1 cm³/mol. The quantitative estimate of drug-likeness (QED) is 0.881. The molecule has 0 saturated carbocycles. The molecule has 1 aromatic heterocycles. The molecule has 0 radical (unpaired) electrons. The first-order valence-corrected chi connectivity index (χ1v) is 6.12. The Morgan fingerprint density at radius 3 is 2.62 bits per heavy atom. The number of benzene rings is 1. The van der Waals surface area contributed by atoms with Crippen molar-refractivity contribution in [3.05, 3.63) is 46.3 Å². The molecule has 114 valence electrons. The first-order valence-electron chi connectivity index (χ1n) is 5.74. The van der Waals surface area contributed by atoms with Crippen molar-refractivity contribution in [1.29, 1.82) is 0 Å². The second-order valence-corrected chi connectivity index (χ2v) is 5.01. The van der Waals surface area contributed by atoms with Gasteiger partial charge in [0, 0.05) is 6.42 Å². The molecule has 1 heterocycles. The summed E-state index contributed by atoms with van der Waals surface area (Å²) < 4.78 is 56.5. The zero-order valence-electron chi connectivity index (χ0n) is 10.7. The number of halogens is 5. The van der Waals surface area contributed by atoms with Crippen LogP contribution in [0.15, 0.2) is 22.7 Å². The summed E-state index contributed by atoms with van der Waals surface area (Å²) in [5.74, 6) is -1.59. The van der Waals surface area contributed by atoms with Gasteiger partial charge in [0.25, 0.3) is 5.89 Å². The summed E-state index contributed by atoms with van der Waals surface area (Å²) in [4.78, 5) is 3.58. The highest BCUT2D eigenvalue weighted by Gasteiger charge is 2.53. The fourth-order valence-corrected chi connectivity index (χ4v) is 1.71. The fraction of sp³-hybridized carbons (Fsp3) is 0.333. The predicted octanol–water partition coefficient (Wildman–Crippen LogP) is 3.19. The van der Waals surface area contributed by atoms with E-state index in [2.05, 4.69) is 14.7 Å². The van der Waals surface area contributed by atoms with Gasteiger partial charge < -0.3 is 10.3 Å². The molecule has 0 amide bonds. The Labute approximate surface area is 121 Å². The number of nitrogens with two attached hydrogens (primary N) is 1. The standard InChI is InChI=1S/C12H10ClF4N3O/c1-11(18,12(15,16)17)10-19-8(20-21-10)5-6-3-2-4-7(13)9(6)14/h2-4H,5,18H2,1H3. The van der Waals surface area contributed by atoms with Crippen molar-refractivity contribution in [2.24, 2.45) is 5.73 Å². The minimum absolute atomic E-state index is 0.102. The number of nitrogens with zero attached hydrogens (tertiary/aromatic N) is 2. The van der Waals surface area contributed by atoms with Gasteiger partial charge in [-0.3, -0.25) is 0 Å². The third kappa shape index (κ3) is 3.01. The molecule has 21 heavy (non-hydrogen) atoms. The zero-order chi connectivity index (χ0) is 15.8. The maximum absolute atomic E-state index is 13.7. The third-order valence-electron chi connectivity index (χ3n) is 2.88. The van der Waals surface area contributed by atoms with E-state index in [0.29, 0.717) is 6.92 Å². The summed E-state index contributed by atoms with van der Waals surface area (Å²) in [5, 5.41) is 3.28. The first-order chi connectivity index (χ1) is 9.63. The van der Waals surface area contributed by atoms with E-state index in [1.54, 1.807) is 0 Å². The van der Waals surface area contributed by atoms with Crippen LogP contribution in [-0.4, -0.2) is 16.3 Å². The molecule has 2 N–H and O–H groups in total. The molecule has 2 aromatic rings. The average Bonchev–Trinajstić information content (AvgIpc) is 2.83. The van der Waals surface area contributed by atoms with Gasteiger partial charge in [0.05, 0.1) is 5.02 Å². The van der Waals surface area contributed by atoms with Crippen LogP contribution in [0.2, 0.25) is 5.02 Å². The van der Waals surface area contributed by atoms with Crippen LogP contribution in [0.1, 0.15) is 24.2 Å². The molecule has 9 heteroatoms. The van der Waals surface area contributed by atoms with E-state index in [1.165, 1.54) is 18.2 Å². The van der Waals surface area contributed by atoms with Crippen molar-refractivity contribution in [3.8, 4) is 0 Å². The van der Waals surface area contributed by atoms with Gasteiger partial charge >= 0.3 is 6.18 Å². The number of hydrogen-bond donors (Lipinski definition) is 1. The van der Waals surface area contributed by atoms with Crippen LogP contribution in [0.5, 0.6) is 0 Å². The zero-order valence-corrected chi connectivity index (χ0v) is 11.5. The van der Waals surface area contributed by atoms with Crippen LogP contribution < -0.4 is 5.73 Å². The molecule has 4 nitrogen and oxygen atoms in total. The summed E-state index contributed by atoms with van der Waals surface area (Å²) in [6.07, 6.45) is -4.91. The van der Waals surface area contributed by atoms with Crippen molar-refractivity contribution in [1.82, 2.24) is 10.1 Å². The van der Waals surface area contributed by atoms with Gasteiger partial charge in [0.15, 0.2) is 11.4 Å². The summed E-state index contributed by atoms with van der Waals surface area (Å²) in [7, 11) is 0. The summed E-state index contributed by atoms with van der Waals surface area (Å²) >= 11 is 5.61.